The van der Waals surface area contributed by atoms with Crippen LogP contribution in [0.1, 0.15) is 49.5 Å². The highest BCUT2D eigenvalue weighted by Gasteiger charge is 2.28. The third-order valence-electron chi connectivity index (χ3n) is 6.00. The number of nitrogens with one attached hydrogen (secondary N) is 2. The molecule has 0 saturated carbocycles. The van der Waals surface area contributed by atoms with Gasteiger partial charge in [0.05, 0.1) is 19.3 Å². The first-order valence-electron chi connectivity index (χ1n) is 11.3. The molecule has 0 spiro atoms. The third-order valence-corrected chi connectivity index (χ3v) is 6.00. The molecule has 1 saturated heterocycles. The molecule has 176 valence electrons. The van der Waals surface area contributed by atoms with Gasteiger partial charge in [-0.1, -0.05) is 45.0 Å². The quantitative estimate of drug-likeness (QED) is 0.703. The molecule has 0 aromatic heterocycles. The highest BCUT2D eigenvalue weighted by atomic mass is 16.5. The first kappa shape index (κ1) is 24.3. The van der Waals surface area contributed by atoms with E-state index in [-0.39, 0.29) is 35.6 Å². The van der Waals surface area contributed by atoms with E-state index in [1.54, 1.807) is 36.3 Å². The van der Waals surface area contributed by atoms with Crippen LogP contribution in [0.25, 0.3) is 0 Å². The smallest absolute Gasteiger partial charge is 0.251 e. The number of rotatable bonds is 6. The average molecular weight is 452 g/mol. The summed E-state index contributed by atoms with van der Waals surface area (Å²) in [6, 6.07) is 14.7. The van der Waals surface area contributed by atoms with Crippen molar-refractivity contribution >= 4 is 23.4 Å². The van der Waals surface area contributed by atoms with E-state index in [1.165, 1.54) is 0 Å². The highest BCUT2D eigenvalue weighted by Crippen LogP contribution is 2.26. The molecule has 1 aliphatic heterocycles. The van der Waals surface area contributed by atoms with Crippen LogP contribution in [0.3, 0.4) is 0 Å². The number of amides is 3. The summed E-state index contributed by atoms with van der Waals surface area (Å²) in [5.41, 5.74) is 2.33. The Labute approximate surface area is 195 Å². The topological polar surface area (TPSA) is 87.7 Å². The van der Waals surface area contributed by atoms with E-state index >= 15 is 0 Å². The number of hydrogen-bond donors (Lipinski definition) is 2. The van der Waals surface area contributed by atoms with Gasteiger partial charge in [0, 0.05) is 24.6 Å². The number of hydrogen-bond acceptors (Lipinski definition) is 4. The van der Waals surface area contributed by atoms with Gasteiger partial charge < -0.3 is 20.3 Å². The standard InChI is InChI=1S/C26H33N3O4/c1-26(2,3)20-11-9-18(10-12-20)24(31)27-17-23(30)29-15-13-19(14-16-29)25(32)28-21-7-5-6-8-22(21)33-4/h5-12,19H,13-17H2,1-4H3,(H,27,31)(H,28,32). The Bertz CT molecular complexity index is 987. The summed E-state index contributed by atoms with van der Waals surface area (Å²) in [5.74, 6) is -0.0381. The number of nitrogens with zero attached hydrogens (tertiary/aromatic N) is 1. The maximum Gasteiger partial charge on any atom is 0.251 e. The summed E-state index contributed by atoms with van der Waals surface area (Å²) in [5, 5.41) is 5.63. The third kappa shape index (κ3) is 6.34. The van der Waals surface area contributed by atoms with Gasteiger partial charge in [0.2, 0.25) is 11.8 Å². The summed E-state index contributed by atoms with van der Waals surface area (Å²) in [6.45, 7) is 7.26. The van der Waals surface area contributed by atoms with Crippen molar-refractivity contribution in [3.63, 3.8) is 0 Å². The highest BCUT2D eigenvalue weighted by molar-refractivity contribution is 5.97. The number of likely N-dealkylation sites (tertiary alicyclic amines) is 1. The molecule has 0 unspecified atom stereocenters. The second-order valence-electron chi connectivity index (χ2n) is 9.35. The second kappa shape index (κ2) is 10.5. The Kier molecular flexibility index (Phi) is 7.74. The van der Waals surface area contributed by atoms with Crippen LogP contribution in [-0.2, 0) is 15.0 Å². The number of anilines is 1. The fraction of sp³-hybridized carbons (Fsp3) is 0.423. The Hall–Kier alpha value is -3.35. The lowest BCUT2D eigenvalue weighted by molar-refractivity contribution is -0.133. The Morgan fingerprint density at radius 1 is 1.00 bits per heavy atom. The van der Waals surface area contributed by atoms with Crippen LogP contribution in [0.15, 0.2) is 48.5 Å². The first-order valence-corrected chi connectivity index (χ1v) is 11.3. The number of benzene rings is 2. The van der Waals surface area contributed by atoms with E-state index in [0.717, 1.165) is 5.56 Å². The monoisotopic (exact) mass is 451 g/mol. The van der Waals surface area contributed by atoms with Gasteiger partial charge in [-0.25, -0.2) is 0 Å². The number of ether oxygens (including phenoxy) is 1. The fourth-order valence-corrected chi connectivity index (χ4v) is 3.87. The largest absolute Gasteiger partial charge is 0.495 e. The molecule has 2 aromatic rings. The molecule has 33 heavy (non-hydrogen) atoms. The van der Waals surface area contributed by atoms with Crippen molar-refractivity contribution < 1.29 is 19.1 Å². The van der Waals surface area contributed by atoms with Crippen LogP contribution in [0.5, 0.6) is 5.75 Å². The molecule has 0 aliphatic carbocycles. The van der Waals surface area contributed by atoms with Crippen molar-refractivity contribution in [2.75, 3.05) is 32.1 Å². The number of piperidine rings is 1. The van der Waals surface area contributed by atoms with Gasteiger partial charge in [0.15, 0.2) is 0 Å². The zero-order valence-electron chi connectivity index (χ0n) is 19.8. The minimum absolute atomic E-state index is 0.0150. The molecule has 7 nitrogen and oxygen atoms in total. The fourth-order valence-electron chi connectivity index (χ4n) is 3.87. The Balaban J connectivity index is 1.45. The van der Waals surface area contributed by atoms with Gasteiger partial charge in [-0.05, 0) is 48.1 Å². The normalized spacial score (nSPS) is 14.5. The van der Waals surface area contributed by atoms with E-state index in [4.69, 9.17) is 4.74 Å². The summed E-state index contributed by atoms with van der Waals surface area (Å²) in [4.78, 5) is 39.3. The van der Waals surface area contributed by atoms with E-state index in [0.29, 0.717) is 42.9 Å². The molecule has 3 amide bonds. The van der Waals surface area contributed by atoms with Gasteiger partial charge in [0.1, 0.15) is 5.75 Å². The van der Waals surface area contributed by atoms with E-state index in [9.17, 15) is 14.4 Å². The lowest BCUT2D eigenvalue weighted by Crippen LogP contribution is -2.45. The van der Waals surface area contributed by atoms with Crippen molar-refractivity contribution in [1.29, 1.82) is 0 Å². The van der Waals surface area contributed by atoms with Crippen LogP contribution in [-0.4, -0.2) is 49.4 Å². The lowest BCUT2D eigenvalue weighted by atomic mass is 9.87. The SMILES string of the molecule is COc1ccccc1NC(=O)C1CCN(C(=O)CNC(=O)c2ccc(C(C)(C)C)cc2)CC1. The van der Waals surface area contributed by atoms with Crippen molar-refractivity contribution in [1.82, 2.24) is 10.2 Å². The molecule has 1 heterocycles. The van der Waals surface area contributed by atoms with Crippen molar-refractivity contribution in [3.05, 3.63) is 59.7 Å². The number of carbonyl (C=O) groups is 3. The number of carbonyl (C=O) groups excluding carboxylic acids is 3. The van der Waals surface area contributed by atoms with Crippen molar-refractivity contribution in [2.45, 2.75) is 39.0 Å². The molecular weight excluding hydrogens is 418 g/mol. The molecule has 7 heteroatoms. The van der Waals surface area contributed by atoms with E-state index in [2.05, 4.69) is 31.4 Å². The van der Waals surface area contributed by atoms with E-state index in [1.807, 2.05) is 24.3 Å². The number of methoxy groups -OCH3 is 1. The molecule has 2 aromatic carbocycles. The van der Waals surface area contributed by atoms with Crippen molar-refractivity contribution in [3.8, 4) is 5.75 Å². The van der Waals surface area contributed by atoms with Crippen LogP contribution in [0.4, 0.5) is 5.69 Å². The maximum absolute atomic E-state index is 12.6. The molecule has 0 radical (unpaired) electrons. The number of para-hydroxylation sites is 2. The summed E-state index contributed by atoms with van der Waals surface area (Å²) < 4.78 is 5.28. The Morgan fingerprint density at radius 3 is 2.24 bits per heavy atom. The molecular formula is C26H33N3O4. The van der Waals surface area contributed by atoms with Gasteiger partial charge in [-0.2, -0.15) is 0 Å². The van der Waals surface area contributed by atoms with Crippen LogP contribution in [0, 0.1) is 5.92 Å². The van der Waals surface area contributed by atoms with Gasteiger partial charge >= 0.3 is 0 Å². The van der Waals surface area contributed by atoms with Crippen LogP contribution < -0.4 is 15.4 Å². The lowest BCUT2D eigenvalue weighted by Gasteiger charge is -2.31. The van der Waals surface area contributed by atoms with Crippen LogP contribution in [0.2, 0.25) is 0 Å². The first-order chi connectivity index (χ1) is 15.7. The van der Waals surface area contributed by atoms with Crippen molar-refractivity contribution in [2.24, 2.45) is 5.92 Å². The molecule has 3 rings (SSSR count). The molecule has 2 N–H and O–H groups in total. The van der Waals surface area contributed by atoms with Gasteiger partial charge in [0.25, 0.3) is 5.91 Å². The molecule has 0 atom stereocenters. The zero-order chi connectivity index (χ0) is 24.0. The van der Waals surface area contributed by atoms with E-state index < -0.39 is 0 Å². The zero-order valence-corrected chi connectivity index (χ0v) is 19.8. The average Bonchev–Trinajstić information content (AvgIpc) is 2.82. The molecule has 1 fully saturated rings. The second-order valence-corrected chi connectivity index (χ2v) is 9.35. The maximum atomic E-state index is 12.6. The minimum atomic E-state index is -0.269. The molecule has 1 aliphatic rings. The van der Waals surface area contributed by atoms with Crippen LogP contribution >= 0.6 is 0 Å². The van der Waals surface area contributed by atoms with Gasteiger partial charge in [-0.3, -0.25) is 14.4 Å². The Morgan fingerprint density at radius 2 is 1.64 bits per heavy atom. The predicted molar refractivity (Wildman–Crippen MR) is 128 cm³/mol. The summed E-state index contributed by atoms with van der Waals surface area (Å²) >= 11 is 0. The summed E-state index contributed by atoms with van der Waals surface area (Å²) in [7, 11) is 1.56. The molecule has 0 bridgehead atoms. The van der Waals surface area contributed by atoms with Gasteiger partial charge in [-0.15, -0.1) is 0 Å². The minimum Gasteiger partial charge on any atom is -0.495 e. The summed E-state index contributed by atoms with van der Waals surface area (Å²) in [6.07, 6.45) is 1.16. The predicted octanol–water partition coefficient (Wildman–Crippen LogP) is 3.60.